The zero-order chi connectivity index (χ0) is 14.7. The van der Waals surface area contributed by atoms with E-state index in [-0.39, 0.29) is 11.4 Å². The molecule has 0 aliphatic carbocycles. The van der Waals surface area contributed by atoms with Crippen molar-refractivity contribution in [1.82, 2.24) is 0 Å². The largest absolute Gasteiger partial charge is 0.478 e. The maximum Gasteiger partial charge on any atom is 0.338 e. The molecule has 0 atom stereocenters. The lowest BCUT2D eigenvalue weighted by Gasteiger charge is -2.10. The van der Waals surface area contributed by atoms with Crippen molar-refractivity contribution in [3.8, 4) is 6.07 Å². The van der Waals surface area contributed by atoms with Crippen molar-refractivity contribution in [2.24, 2.45) is 0 Å². The van der Waals surface area contributed by atoms with E-state index < -0.39 is 17.3 Å². The van der Waals surface area contributed by atoms with Crippen LogP contribution in [0.1, 0.15) is 15.9 Å². The lowest BCUT2D eigenvalue weighted by molar-refractivity contribution is 0.0692. The number of rotatable bonds is 3. The van der Waals surface area contributed by atoms with Crippen LogP contribution in [0, 0.1) is 17.1 Å². The van der Waals surface area contributed by atoms with Crippen LogP contribution in [0.15, 0.2) is 36.4 Å². The second-order valence-electron chi connectivity index (χ2n) is 4.04. The number of benzene rings is 2. The number of nitriles is 1. The minimum absolute atomic E-state index is 0.119. The van der Waals surface area contributed by atoms with Crippen LogP contribution in [0.4, 0.5) is 21.5 Å². The normalized spacial score (nSPS) is 9.80. The number of carbonyl (C=O) groups is 1. The number of hydrogen-bond acceptors (Lipinski definition) is 4. The van der Waals surface area contributed by atoms with Gasteiger partial charge in [0.15, 0.2) is 0 Å². The third kappa shape index (κ3) is 2.67. The number of nitrogens with one attached hydrogen (secondary N) is 1. The minimum Gasteiger partial charge on any atom is -0.478 e. The predicted octanol–water partition coefficient (Wildman–Crippen LogP) is 2.72. The van der Waals surface area contributed by atoms with Crippen LogP contribution in [-0.2, 0) is 0 Å². The summed E-state index contributed by atoms with van der Waals surface area (Å²) in [4.78, 5) is 10.8. The Morgan fingerprint density at radius 3 is 2.50 bits per heavy atom. The number of anilines is 3. The number of carboxylic acids is 1. The van der Waals surface area contributed by atoms with Crippen molar-refractivity contribution in [3.05, 3.63) is 53.3 Å². The quantitative estimate of drug-likeness (QED) is 0.745. The summed E-state index contributed by atoms with van der Waals surface area (Å²) in [6.07, 6.45) is 0. The van der Waals surface area contributed by atoms with Gasteiger partial charge in [-0.15, -0.1) is 0 Å². The number of nitrogens with zero attached hydrogens (tertiary/aromatic N) is 1. The highest BCUT2D eigenvalue weighted by molar-refractivity contribution is 5.91. The van der Waals surface area contributed by atoms with Gasteiger partial charge < -0.3 is 16.2 Å². The van der Waals surface area contributed by atoms with Gasteiger partial charge in [-0.25, -0.2) is 9.18 Å². The molecule has 0 aliphatic heterocycles. The van der Waals surface area contributed by atoms with E-state index in [1.807, 2.05) is 6.07 Å². The van der Waals surface area contributed by atoms with Crippen LogP contribution >= 0.6 is 0 Å². The molecule has 0 unspecified atom stereocenters. The molecular weight excluding hydrogens is 261 g/mol. The van der Waals surface area contributed by atoms with Gasteiger partial charge in [0.05, 0.1) is 28.6 Å². The Morgan fingerprint density at radius 2 is 1.95 bits per heavy atom. The molecule has 0 radical (unpaired) electrons. The van der Waals surface area contributed by atoms with Gasteiger partial charge in [-0.2, -0.15) is 5.26 Å². The average Bonchev–Trinajstić information content (AvgIpc) is 2.43. The van der Waals surface area contributed by atoms with E-state index in [1.165, 1.54) is 0 Å². The van der Waals surface area contributed by atoms with Gasteiger partial charge in [0.1, 0.15) is 5.82 Å². The Hall–Kier alpha value is -3.07. The van der Waals surface area contributed by atoms with Crippen LogP contribution in [-0.4, -0.2) is 11.1 Å². The number of carboxylic acid groups (broad SMARTS) is 1. The first kappa shape index (κ1) is 13.4. The van der Waals surface area contributed by atoms with Crippen molar-refractivity contribution in [3.63, 3.8) is 0 Å². The third-order valence-corrected chi connectivity index (χ3v) is 2.66. The maximum atomic E-state index is 13.6. The maximum absolute atomic E-state index is 13.6. The lowest BCUT2D eigenvalue weighted by Crippen LogP contribution is -2.05. The monoisotopic (exact) mass is 271 g/mol. The van der Waals surface area contributed by atoms with E-state index in [4.69, 9.17) is 16.1 Å². The first-order valence-electron chi connectivity index (χ1n) is 5.61. The van der Waals surface area contributed by atoms with Crippen molar-refractivity contribution >= 4 is 23.0 Å². The minimum atomic E-state index is -1.38. The molecule has 0 bridgehead atoms. The van der Waals surface area contributed by atoms with Crippen LogP contribution in [0.3, 0.4) is 0 Å². The Bertz CT molecular complexity index is 706. The van der Waals surface area contributed by atoms with Crippen LogP contribution in [0.25, 0.3) is 0 Å². The molecule has 0 heterocycles. The lowest BCUT2D eigenvalue weighted by atomic mass is 10.1. The van der Waals surface area contributed by atoms with Gasteiger partial charge in [0.25, 0.3) is 0 Å². The number of halogens is 1. The van der Waals surface area contributed by atoms with Crippen LogP contribution in [0.5, 0.6) is 0 Å². The molecule has 2 aromatic rings. The second-order valence-corrected chi connectivity index (χ2v) is 4.04. The van der Waals surface area contributed by atoms with Gasteiger partial charge in [0, 0.05) is 11.8 Å². The summed E-state index contributed by atoms with van der Waals surface area (Å²) in [5, 5.41) is 20.3. The summed E-state index contributed by atoms with van der Waals surface area (Å²) in [6.45, 7) is 0. The highest BCUT2D eigenvalue weighted by atomic mass is 19.1. The van der Waals surface area contributed by atoms with E-state index >= 15 is 0 Å². The molecule has 0 saturated carbocycles. The van der Waals surface area contributed by atoms with Crippen LogP contribution in [0.2, 0.25) is 0 Å². The number of nitrogen functional groups attached to an aromatic ring is 1. The summed E-state index contributed by atoms with van der Waals surface area (Å²) in [7, 11) is 0. The molecule has 4 N–H and O–H groups in total. The Kier molecular flexibility index (Phi) is 3.53. The number of hydrogen-bond donors (Lipinski definition) is 3. The molecular formula is C14H10FN3O2. The van der Waals surface area contributed by atoms with Gasteiger partial charge in [-0.1, -0.05) is 0 Å². The first-order chi connectivity index (χ1) is 9.51. The molecule has 0 aliphatic rings. The highest BCUT2D eigenvalue weighted by Gasteiger charge is 2.13. The Labute approximate surface area is 114 Å². The summed E-state index contributed by atoms with van der Waals surface area (Å²) in [6, 6.07) is 10.5. The molecule has 2 aromatic carbocycles. The van der Waals surface area contributed by atoms with Crippen molar-refractivity contribution in [2.45, 2.75) is 0 Å². The standard InChI is InChI=1S/C14H10FN3O2/c15-11-6-13(12(17)5-10(11)14(19)20)18-9-3-1-8(7-16)2-4-9/h1-6,18H,17H2,(H,19,20). The fourth-order valence-electron chi connectivity index (χ4n) is 1.65. The number of aromatic carboxylic acids is 1. The van der Waals surface area contributed by atoms with E-state index in [2.05, 4.69) is 5.32 Å². The summed E-state index contributed by atoms with van der Waals surface area (Å²) in [5.74, 6) is -2.25. The van der Waals surface area contributed by atoms with Gasteiger partial charge in [-0.3, -0.25) is 0 Å². The molecule has 0 fully saturated rings. The predicted molar refractivity (Wildman–Crippen MR) is 72.2 cm³/mol. The summed E-state index contributed by atoms with van der Waals surface area (Å²) < 4.78 is 13.6. The van der Waals surface area contributed by atoms with E-state index in [1.54, 1.807) is 24.3 Å². The Morgan fingerprint density at radius 1 is 1.30 bits per heavy atom. The number of nitrogens with two attached hydrogens (primary N) is 1. The SMILES string of the molecule is N#Cc1ccc(Nc2cc(F)c(C(=O)O)cc2N)cc1. The van der Waals surface area contributed by atoms with Crippen molar-refractivity contribution < 1.29 is 14.3 Å². The Balaban J connectivity index is 2.31. The van der Waals surface area contributed by atoms with Crippen LogP contribution < -0.4 is 11.1 Å². The molecule has 0 spiro atoms. The zero-order valence-corrected chi connectivity index (χ0v) is 10.2. The molecule has 5 nitrogen and oxygen atoms in total. The fraction of sp³-hybridized carbons (Fsp3) is 0. The molecule has 6 heteroatoms. The molecule has 0 aromatic heterocycles. The zero-order valence-electron chi connectivity index (χ0n) is 10.2. The van der Waals surface area contributed by atoms with Crippen molar-refractivity contribution in [1.29, 1.82) is 5.26 Å². The summed E-state index contributed by atoms with van der Waals surface area (Å²) >= 11 is 0. The molecule has 20 heavy (non-hydrogen) atoms. The van der Waals surface area contributed by atoms with Crippen molar-refractivity contribution in [2.75, 3.05) is 11.1 Å². The molecule has 2 rings (SSSR count). The molecule has 100 valence electrons. The van der Waals surface area contributed by atoms with Gasteiger partial charge >= 0.3 is 5.97 Å². The average molecular weight is 271 g/mol. The molecule has 0 amide bonds. The second kappa shape index (κ2) is 5.28. The first-order valence-corrected chi connectivity index (χ1v) is 5.61. The topological polar surface area (TPSA) is 99.1 Å². The molecule has 0 saturated heterocycles. The fourth-order valence-corrected chi connectivity index (χ4v) is 1.65. The van der Waals surface area contributed by atoms with E-state index in [0.717, 1.165) is 12.1 Å². The summed E-state index contributed by atoms with van der Waals surface area (Å²) in [5.41, 5.74) is 6.69. The van der Waals surface area contributed by atoms with E-state index in [9.17, 15) is 9.18 Å². The highest BCUT2D eigenvalue weighted by Crippen LogP contribution is 2.26. The van der Waals surface area contributed by atoms with Gasteiger partial charge in [-0.05, 0) is 30.3 Å². The van der Waals surface area contributed by atoms with E-state index in [0.29, 0.717) is 11.3 Å². The smallest absolute Gasteiger partial charge is 0.338 e. The van der Waals surface area contributed by atoms with Gasteiger partial charge in [0.2, 0.25) is 0 Å². The third-order valence-electron chi connectivity index (χ3n) is 2.66.